The molecule has 236 valence electrons. The summed E-state index contributed by atoms with van der Waals surface area (Å²) in [6.07, 6.45) is 7.54. The number of allylic oxidation sites excluding steroid dienone is 2. The average Bonchev–Trinajstić information content (AvgIpc) is 3.76. The molecule has 0 bridgehead atoms. The van der Waals surface area contributed by atoms with Crippen LogP contribution < -0.4 is 15.5 Å². The third kappa shape index (κ3) is 7.10. The zero-order chi connectivity index (χ0) is 31.3. The fourth-order valence-electron chi connectivity index (χ4n) is 7.03. The summed E-state index contributed by atoms with van der Waals surface area (Å²) in [5, 5.41) is 6.48. The van der Waals surface area contributed by atoms with Gasteiger partial charge in [-0.15, -0.1) is 0 Å². The normalized spacial score (nSPS) is 23.4. The van der Waals surface area contributed by atoms with E-state index in [0.29, 0.717) is 26.0 Å². The monoisotopic (exact) mass is 610 g/mol. The lowest BCUT2D eigenvalue weighted by Crippen LogP contribution is -2.43. The molecule has 2 aromatic carbocycles. The molecule has 2 amide bonds. The number of piperidine rings is 1. The van der Waals surface area contributed by atoms with Crippen LogP contribution in [0.1, 0.15) is 69.0 Å². The van der Waals surface area contributed by atoms with Crippen LogP contribution >= 0.6 is 0 Å². The highest BCUT2D eigenvalue weighted by atomic mass is 19.1. The zero-order valence-corrected chi connectivity index (χ0v) is 26.3. The predicted molar refractivity (Wildman–Crippen MR) is 177 cm³/mol. The van der Waals surface area contributed by atoms with Crippen LogP contribution in [0, 0.1) is 24.7 Å². The third-order valence-electron chi connectivity index (χ3n) is 9.45. The van der Waals surface area contributed by atoms with E-state index in [1.807, 2.05) is 49.4 Å². The number of aryl methyl sites for hydroxylation is 1. The summed E-state index contributed by atoms with van der Waals surface area (Å²) in [6, 6.07) is 13.9. The molecule has 7 nitrogen and oxygen atoms in total. The van der Waals surface area contributed by atoms with Crippen LogP contribution in [0.3, 0.4) is 0 Å². The molecule has 3 heterocycles. The first-order valence-electron chi connectivity index (χ1n) is 16.4. The van der Waals surface area contributed by atoms with E-state index in [1.165, 1.54) is 24.5 Å². The number of carbonyl (C=O) groups is 2. The van der Waals surface area contributed by atoms with Crippen molar-refractivity contribution in [2.24, 2.45) is 5.92 Å². The smallest absolute Gasteiger partial charge is 0.300 e. The molecule has 8 heteroatoms. The van der Waals surface area contributed by atoms with E-state index in [0.717, 1.165) is 67.2 Å². The molecule has 2 unspecified atom stereocenters. The Hall–Kier alpha value is -4.09. The van der Waals surface area contributed by atoms with Gasteiger partial charge in [-0.3, -0.25) is 9.59 Å². The maximum Gasteiger partial charge on any atom is 0.300 e. The Morgan fingerprint density at radius 1 is 0.978 bits per heavy atom. The molecule has 45 heavy (non-hydrogen) atoms. The number of carbonyl (C=O) groups excluding carboxylic acids is 2. The van der Waals surface area contributed by atoms with E-state index >= 15 is 4.39 Å². The molecule has 6 rings (SSSR count). The van der Waals surface area contributed by atoms with Crippen molar-refractivity contribution in [1.29, 1.82) is 0 Å². The Labute approximate surface area is 265 Å². The van der Waals surface area contributed by atoms with Gasteiger partial charge in [0.15, 0.2) is 0 Å². The molecule has 2 N–H and O–H groups in total. The SMILES string of the molecule is CC1=C(C(=O)N2CCCC(C#CC(=O)Nc3ccc(C)c(N4CCCC4)c3)[C@@H]2c2ccc(NC3CCOC3)cc2)C(F)=CCC1. The van der Waals surface area contributed by atoms with Crippen molar-refractivity contribution in [1.82, 2.24) is 4.90 Å². The van der Waals surface area contributed by atoms with Crippen LogP contribution in [0.4, 0.5) is 21.5 Å². The minimum atomic E-state index is -0.445. The molecule has 1 aliphatic carbocycles. The molecule has 0 spiro atoms. The van der Waals surface area contributed by atoms with Gasteiger partial charge in [-0.2, -0.15) is 0 Å². The van der Waals surface area contributed by atoms with Crippen LogP contribution in [0.2, 0.25) is 0 Å². The summed E-state index contributed by atoms with van der Waals surface area (Å²) in [5.41, 5.74) is 5.90. The average molecular weight is 611 g/mol. The lowest BCUT2D eigenvalue weighted by atomic mass is 9.83. The Morgan fingerprint density at radius 3 is 2.49 bits per heavy atom. The molecular formula is C37H43FN4O3. The number of halogens is 1. The van der Waals surface area contributed by atoms with Crippen molar-refractivity contribution in [3.05, 3.63) is 76.6 Å². The van der Waals surface area contributed by atoms with E-state index in [9.17, 15) is 9.59 Å². The highest BCUT2D eigenvalue weighted by molar-refractivity contribution is 6.04. The van der Waals surface area contributed by atoms with Crippen LogP contribution in [-0.4, -0.2) is 55.6 Å². The number of hydrogen-bond acceptors (Lipinski definition) is 5. The minimum Gasteiger partial charge on any atom is -0.380 e. The second-order valence-electron chi connectivity index (χ2n) is 12.7. The van der Waals surface area contributed by atoms with Gasteiger partial charge in [0.1, 0.15) is 5.83 Å². The number of hydrogen-bond donors (Lipinski definition) is 2. The second-order valence-corrected chi connectivity index (χ2v) is 12.7. The Kier molecular flexibility index (Phi) is 9.56. The van der Waals surface area contributed by atoms with Crippen molar-refractivity contribution in [2.45, 2.75) is 70.9 Å². The number of anilines is 3. The number of rotatable bonds is 6. The van der Waals surface area contributed by atoms with Gasteiger partial charge in [0.05, 0.1) is 24.3 Å². The summed E-state index contributed by atoms with van der Waals surface area (Å²) in [4.78, 5) is 31.2. The van der Waals surface area contributed by atoms with Gasteiger partial charge >= 0.3 is 0 Å². The first-order valence-corrected chi connectivity index (χ1v) is 16.4. The second kappa shape index (κ2) is 13.9. The molecule has 3 aliphatic heterocycles. The van der Waals surface area contributed by atoms with E-state index in [2.05, 4.69) is 34.3 Å². The van der Waals surface area contributed by atoms with Crippen LogP contribution in [0.5, 0.6) is 0 Å². The zero-order valence-electron chi connectivity index (χ0n) is 26.3. The summed E-state index contributed by atoms with van der Waals surface area (Å²) in [6.45, 7) is 7.92. The van der Waals surface area contributed by atoms with Crippen molar-refractivity contribution in [3.8, 4) is 11.8 Å². The highest BCUT2D eigenvalue weighted by Crippen LogP contribution is 2.39. The number of nitrogens with one attached hydrogen (secondary N) is 2. The lowest BCUT2D eigenvalue weighted by molar-refractivity contribution is -0.131. The van der Waals surface area contributed by atoms with E-state index in [4.69, 9.17) is 4.74 Å². The van der Waals surface area contributed by atoms with Crippen LogP contribution in [0.15, 0.2) is 65.5 Å². The van der Waals surface area contributed by atoms with Crippen molar-refractivity contribution in [2.75, 3.05) is 48.4 Å². The van der Waals surface area contributed by atoms with Gasteiger partial charge in [0, 0.05) is 49.2 Å². The summed E-state index contributed by atoms with van der Waals surface area (Å²) < 4.78 is 20.5. The van der Waals surface area contributed by atoms with E-state index < -0.39 is 11.9 Å². The maximum absolute atomic E-state index is 15.0. The quantitative estimate of drug-likeness (QED) is 0.357. The molecular weight excluding hydrogens is 567 g/mol. The number of likely N-dealkylation sites (tertiary alicyclic amines) is 1. The van der Waals surface area contributed by atoms with E-state index in [1.54, 1.807) is 4.90 Å². The Bertz CT molecular complexity index is 1540. The number of amides is 2. The maximum atomic E-state index is 15.0. The van der Waals surface area contributed by atoms with Gasteiger partial charge in [0.25, 0.3) is 11.8 Å². The number of nitrogens with zero attached hydrogens (tertiary/aromatic N) is 2. The topological polar surface area (TPSA) is 73.9 Å². The minimum absolute atomic E-state index is 0.172. The van der Waals surface area contributed by atoms with Gasteiger partial charge in [-0.05, 0) is 106 Å². The summed E-state index contributed by atoms with van der Waals surface area (Å²) in [7, 11) is 0. The number of benzene rings is 2. The lowest BCUT2D eigenvalue weighted by Gasteiger charge is -2.40. The van der Waals surface area contributed by atoms with Gasteiger partial charge in [0.2, 0.25) is 0 Å². The van der Waals surface area contributed by atoms with Crippen LogP contribution in [0.25, 0.3) is 0 Å². The first kappa shape index (κ1) is 30.9. The third-order valence-corrected chi connectivity index (χ3v) is 9.45. The predicted octanol–water partition coefficient (Wildman–Crippen LogP) is 6.68. The van der Waals surface area contributed by atoms with Crippen molar-refractivity contribution in [3.63, 3.8) is 0 Å². The summed E-state index contributed by atoms with van der Waals surface area (Å²) >= 11 is 0. The highest BCUT2D eigenvalue weighted by Gasteiger charge is 2.37. The molecule has 0 radical (unpaired) electrons. The van der Waals surface area contributed by atoms with Crippen molar-refractivity contribution >= 4 is 28.9 Å². The standard InChI is InChI=1S/C37H43FN4O3/c1-25-10-14-30(23-33(25)41-19-3-4-20-41)40-34(43)17-13-27-8-6-21-42(37(44)35-26(2)7-5-9-32(35)38)36(27)28-11-15-29(16-12-28)39-31-18-22-45-24-31/h9-12,14-16,23,27,31,36,39H,3-8,18-22,24H2,1-2H3,(H,40,43)/t27?,31?,36-/m1/s1. The fourth-order valence-corrected chi connectivity index (χ4v) is 7.03. The van der Waals surface area contributed by atoms with Gasteiger partial charge < -0.3 is 25.2 Å². The number of ether oxygens (including phenoxy) is 1. The van der Waals surface area contributed by atoms with Crippen molar-refractivity contribution < 1.29 is 18.7 Å². The Morgan fingerprint density at radius 2 is 1.76 bits per heavy atom. The van der Waals surface area contributed by atoms with E-state index in [-0.39, 0.29) is 29.3 Å². The van der Waals surface area contributed by atoms with Gasteiger partial charge in [-0.1, -0.05) is 29.7 Å². The molecule has 2 aromatic rings. The van der Waals surface area contributed by atoms with Crippen LogP contribution in [-0.2, 0) is 14.3 Å². The molecule has 4 aliphatic rings. The largest absolute Gasteiger partial charge is 0.380 e. The molecule has 3 atom stereocenters. The summed E-state index contributed by atoms with van der Waals surface area (Å²) in [5.74, 6) is 4.66. The molecule has 3 saturated heterocycles. The molecule has 0 aromatic heterocycles. The van der Waals surface area contributed by atoms with Gasteiger partial charge in [-0.25, -0.2) is 4.39 Å². The molecule has 3 fully saturated rings. The first-order chi connectivity index (χ1) is 21.9. The molecule has 0 saturated carbocycles. The fraction of sp³-hybridized carbons (Fsp3) is 0.459. The Balaban J connectivity index is 1.25.